The summed E-state index contributed by atoms with van der Waals surface area (Å²) in [6.45, 7) is 0. The van der Waals surface area contributed by atoms with Gasteiger partial charge in [0.25, 0.3) is 0 Å². The summed E-state index contributed by atoms with van der Waals surface area (Å²) in [5, 5.41) is 3.30. The Morgan fingerprint density at radius 3 is 2.52 bits per heavy atom. The van der Waals surface area contributed by atoms with Crippen molar-refractivity contribution in [3.05, 3.63) is 70.5 Å². The highest BCUT2D eigenvalue weighted by molar-refractivity contribution is 6.39. The second-order valence-corrected chi connectivity index (χ2v) is 7.12. The van der Waals surface area contributed by atoms with Gasteiger partial charge in [-0.1, -0.05) is 59.6 Å². The maximum Gasteiger partial charge on any atom is 0.228 e. The third-order valence-electron chi connectivity index (χ3n) is 4.43. The molecule has 0 aliphatic carbocycles. The Balaban J connectivity index is 1.68. The molecule has 6 nitrogen and oxygen atoms in total. The van der Waals surface area contributed by atoms with Gasteiger partial charge in [0, 0.05) is 18.0 Å². The minimum atomic E-state index is -0.268. The molecular weight excluding hydrogens is 411 g/mol. The number of pyridine rings is 1. The SMILES string of the molecule is COc1ccc(CC(=O)Nc2c(Cl)cncc2Cl)c2nc(-c3ccccc3)[nH]c12. The lowest BCUT2D eigenvalue weighted by molar-refractivity contribution is -0.115. The molecule has 2 aromatic heterocycles. The van der Waals surface area contributed by atoms with Crippen molar-refractivity contribution < 1.29 is 9.53 Å². The molecule has 0 fully saturated rings. The summed E-state index contributed by atoms with van der Waals surface area (Å²) in [6, 6.07) is 13.4. The van der Waals surface area contributed by atoms with Crippen LogP contribution in [0.4, 0.5) is 5.69 Å². The van der Waals surface area contributed by atoms with Crippen molar-refractivity contribution in [2.45, 2.75) is 6.42 Å². The molecule has 8 heteroatoms. The number of amides is 1. The number of anilines is 1. The Labute approximate surface area is 176 Å². The molecule has 4 rings (SSSR count). The number of carbonyl (C=O) groups is 1. The number of nitrogens with one attached hydrogen (secondary N) is 2. The molecule has 0 spiro atoms. The molecule has 146 valence electrons. The van der Waals surface area contributed by atoms with E-state index >= 15 is 0 Å². The van der Waals surface area contributed by atoms with Gasteiger partial charge in [-0.15, -0.1) is 0 Å². The fourth-order valence-corrected chi connectivity index (χ4v) is 3.51. The highest BCUT2D eigenvalue weighted by Gasteiger charge is 2.17. The van der Waals surface area contributed by atoms with Gasteiger partial charge in [-0.2, -0.15) is 0 Å². The third kappa shape index (κ3) is 3.90. The molecule has 29 heavy (non-hydrogen) atoms. The van der Waals surface area contributed by atoms with Gasteiger partial charge >= 0.3 is 0 Å². The number of aromatic amines is 1. The first kappa shape index (κ1) is 19.2. The molecule has 0 saturated carbocycles. The molecular formula is C21H16Cl2N4O2. The van der Waals surface area contributed by atoms with Crippen LogP contribution in [0.25, 0.3) is 22.4 Å². The third-order valence-corrected chi connectivity index (χ3v) is 5.00. The number of carbonyl (C=O) groups excluding carboxylic acids is 1. The summed E-state index contributed by atoms with van der Waals surface area (Å²) in [6.07, 6.45) is 2.94. The van der Waals surface area contributed by atoms with Crippen LogP contribution in [0.2, 0.25) is 10.0 Å². The number of fused-ring (bicyclic) bond motifs is 1. The Morgan fingerprint density at radius 2 is 1.83 bits per heavy atom. The first-order valence-corrected chi connectivity index (χ1v) is 9.52. The van der Waals surface area contributed by atoms with Gasteiger partial charge in [-0.05, 0) is 11.6 Å². The highest BCUT2D eigenvalue weighted by atomic mass is 35.5. The van der Waals surface area contributed by atoms with Gasteiger partial charge in [0.1, 0.15) is 17.1 Å². The van der Waals surface area contributed by atoms with Gasteiger partial charge in [-0.25, -0.2) is 4.98 Å². The highest BCUT2D eigenvalue weighted by Crippen LogP contribution is 2.31. The Morgan fingerprint density at radius 1 is 1.10 bits per heavy atom. The predicted molar refractivity (Wildman–Crippen MR) is 115 cm³/mol. The number of H-pyrrole nitrogens is 1. The van der Waals surface area contributed by atoms with Gasteiger partial charge in [-0.3, -0.25) is 9.78 Å². The summed E-state index contributed by atoms with van der Waals surface area (Å²) >= 11 is 12.2. The zero-order valence-electron chi connectivity index (χ0n) is 15.4. The molecule has 2 N–H and O–H groups in total. The summed E-state index contributed by atoms with van der Waals surface area (Å²) in [7, 11) is 1.59. The first-order valence-electron chi connectivity index (χ1n) is 8.76. The largest absolute Gasteiger partial charge is 0.494 e. The van der Waals surface area contributed by atoms with Crippen LogP contribution in [0.5, 0.6) is 5.75 Å². The fraction of sp³-hybridized carbons (Fsp3) is 0.0952. The predicted octanol–water partition coefficient (Wildman–Crippen LogP) is 5.12. The Bertz CT molecular complexity index is 1170. The molecule has 0 unspecified atom stereocenters. The zero-order chi connectivity index (χ0) is 20.4. The number of rotatable bonds is 5. The van der Waals surface area contributed by atoms with Gasteiger partial charge in [0.15, 0.2) is 0 Å². The van der Waals surface area contributed by atoms with E-state index in [-0.39, 0.29) is 22.4 Å². The van der Waals surface area contributed by atoms with Crippen molar-refractivity contribution >= 4 is 45.8 Å². The van der Waals surface area contributed by atoms with Gasteiger partial charge < -0.3 is 15.0 Å². The number of nitrogens with zero attached hydrogens (tertiary/aromatic N) is 2. The minimum absolute atomic E-state index is 0.0918. The first-order chi connectivity index (χ1) is 14.1. The van der Waals surface area contributed by atoms with E-state index in [9.17, 15) is 4.79 Å². The van der Waals surface area contributed by atoms with Crippen molar-refractivity contribution in [1.82, 2.24) is 15.0 Å². The number of ether oxygens (including phenoxy) is 1. The molecule has 2 aromatic carbocycles. The van der Waals surface area contributed by atoms with Crippen LogP contribution < -0.4 is 10.1 Å². The summed E-state index contributed by atoms with van der Waals surface area (Å²) in [5.41, 5.74) is 3.43. The van der Waals surface area contributed by atoms with Crippen LogP contribution in [-0.2, 0) is 11.2 Å². The van der Waals surface area contributed by atoms with Crippen LogP contribution in [0.15, 0.2) is 54.9 Å². The van der Waals surface area contributed by atoms with E-state index in [1.807, 2.05) is 42.5 Å². The number of hydrogen-bond acceptors (Lipinski definition) is 4. The van der Waals surface area contributed by atoms with E-state index in [1.54, 1.807) is 7.11 Å². The van der Waals surface area contributed by atoms with Crippen molar-refractivity contribution in [3.8, 4) is 17.1 Å². The number of methoxy groups -OCH3 is 1. The number of halogens is 2. The fourth-order valence-electron chi connectivity index (χ4n) is 3.06. The topological polar surface area (TPSA) is 79.9 Å². The molecule has 4 aromatic rings. The lowest BCUT2D eigenvalue weighted by atomic mass is 10.1. The van der Waals surface area contributed by atoms with E-state index in [4.69, 9.17) is 32.9 Å². The second kappa shape index (κ2) is 8.11. The maximum absolute atomic E-state index is 12.6. The van der Waals surface area contributed by atoms with E-state index in [0.717, 1.165) is 16.6 Å². The molecule has 0 atom stereocenters. The van der Waals surface area contributed by atoms with E-state index in [1.165, 1.54) is 12.4 Å². The van der Waals surface area contributed by atoms with Crippen LogP contribution in [0.1, 0.15) is 5.56 Å². The van der Waals surface area contributed by atoms with E-state index in [0.29, 0.717) is 22.8 Å². The number of hydrogen-bond donors (Lipinski definition) is 2. The second-order valence-electron chi connectivity index (χ2n) is 6.31. The van der Waals surface area contributed by atoms with Gasteiger partial charge in [0.05, 0.1) is 34.8 Å². The van der Waals surface area contributed by atoms with Crippen LogP contribution in [0.3, 0.4) is 0 Å². The summed E-state index contributed by atoms with van der Waals surface area (Å²) < 4.78 is 5.45. The molecule has 2 heterocycles. The van der Waals surface area contributed by atoms with Crippen LogP contribution in [0, 0.1) is 0 Å². The monoisotopic (exact) mass is 426 g/mol. The molecule has 1 amide bonds. The molecule has 0 radical (unpaired) electrons. The summed E-state index contributed by atoms with van der Waals surface area (Å²) in [5.74, 6) is 1.08. The van der Waals surface area contributed by atoms with Crippen LogP contribution >= 0.6 is 23.2 Å². The number of benzene rings is 2. The molecule has 0 saturated heterocycles. The van der Waals surface area contributed by atoms with E-state index in [2.05, 4.69) is 15.3 Å². The van der Waals surface area contributed by atoms with Crippen LogP contribution in [-0.4, -0.2) is 28.0 Å². The maximum atomic E-state index is 12.6. The van der Waals surface area contributed by atoms with Gasteiger partial charge in [0.2, 0.25) is 5.91 Å². The Kier molecular flexibility index (Phi) is 5.38. The number of imidazole rings is 1. The lowest BCUT2D eigenvalue weighted by Gasteiger charge is -2.09. The molecule has 0 aliphatic heterocycles. The quantitative estimate of drug-likeness (QED) is 0.463. The van der Waals surface area contributed by atoms with Crippen molar-refractivity contribution in [2.75, 3.05) is 12.4 Å². The lowest BCUT2D eigenvalue weighted by Crippen LogP contribution is -2.15. The van der Waals surface area contributed by atoms with Crippen molar-refractivity contribution in [1.29, 1.82) is 0 Å². The average Bonchev–Trinajstić information content (AvgIpc) is 3.18. The molecule has 0 bridgehead atoms. The molecule has 0 aliphatic rings. The Hall–Kier alpha value is -3.09. The van der Waals surface area contributed by atoms with Crippen molar-refractivity contribution in [2.24, 2.45) is 0 Å². The average molecular weight is 427 g/mol. The standard InChI is InChI=1S/C21H16Cl2N4O2/c1-29-16-8-7-13(9-17(28)25-19-14(22)10-24-11-15(19)23)18-20(16)27-21(26-18)12-5-3-2-4-6-12/h2-8,10-11H,9H2,1H3,(H,26,27)(H,24,25,28). The number of aromatic nitrogens is 3. The summed E-state index contributed by atoms with van der Waals surface area (Å²) in [4.78, 5) is 24.5. The smallest absolute Gasteiger partial charge is 0.228 e. The van der Waals surface area contributed by atoms with E-state index < -0.39 is 0 Å². The zero-order valence-corrected chi connectivity index (χ0v) is 16.9. The minimum Gasteiger partial charge on any atom is -0.494 e. The normalized spacial score (nSPS) is 10.9. The van der Waals surface area contributed by atoms with Crippen molar-refractivity contribution in [3.63, 3.8) is 0 Å².